The second kappa shape index (κ2) is 4.23. The van der Waals surface area contributed by atoms with E-state index in [1.165, 1.54) is 0 Å². The van der Waals surface area contributed by atoms with Crippen molar-refractivity contribution in [2.24, 2.45) is 5.73 Å². The van der Waals surface area contributed by atoms with Crippen LogP contribution < -0.4 is 11.1 Å². The number of hydrogen-bond acceptors (Lipinski definition) is 3. The maximum absolute atomic E-state index is 11.6. The van der Waals surface area contributed by atoms with Gasteiger partial charge in [0.25, 0.3) is 0 Å². The Balaban J connectivity index is 2.53. The molecule has 0 aliphatic heterocycles. The van der Waals surface area contributed by atoms with E-state index in [2.05, 4.69) is 5.32 Å². The van der Waals surface area contributed by atoms with Crippen molar-refractivity contribution in [1.29, 1.82) is 0 Å². The maximum atomic E-state index is 11.6. The van der Waals surface area contributed by atoms with Gasteiger partial charge in [-0.1, -0.05) is 12.2 Å². The number of allylic oxidation sites excluding steroid dienone is 1. The van der Waals surface area contributed by atoms with Crippen molar-refractivity contribution in [1.82, 2.24) is 5.32 Å². The quantitative estimate of drug-likeness (QED) is 0.683. The first-order valence-electron chi connectivity index (χ1n) is 5.26. The molecule has 1 amide bonds. The molecule has 0 radical (unpaired) electrons. The van der Waals surface area contributed by atoms with E-state index in [1.54, 1.807) is 0 Å². The predicted molar refractivity (Wildman–Crippen MR) is 59.5 cm³/mol. The number of hydrogen-bond donors (Lipinski definition) is 2. The van der Waals surface area contributed by atoms with Gasteiger partial charge in [-0.15, -0.1) is 0 Å². The number of nitrogens with two attached hydrogens (primary N) is 1. The Kier molecular flexibility index (Phi) is 3.39. The minimum atomic E-state index is -0.470. The highest BCUT2D eigenvalue weighted by atomic mass is 16.6. The molecule has 3 N–H and O–H groups in total. The molecule has 1 aliphatic carbocycles. The predicted octanol–water partition coefficient (Wildman–Crippen LogP) is 1.56. The van der Waals surface area contributed by atoms with Gasteiger partial charge in [-0.05, 0) is 33.6 Å². The fourth-order valence-electron chi connectivity index (χ4n) is 1.57. The van der Waals surface area contributed by atoms with Gasteiger partial charge in [-0.2, -0.15) is 0 Å². The Morgan fingerprint density at radius 2 is 2.27 bits per heavy atom. The summed E-state index contributed by atoms with van der Waals surface area (Å²) in [5.41, 5.74) is 4.79. The van der Waals surface area contributed by atoms with Crippen LogP contribution in [0.1, 0.15) is 33.6 Å². The van der Waals surface area contributed by atoms with Crippen molar-refractivity contribution < 1.29 is 9.53 Å². The number of alkyl carbamates (subject to hydrolysis) is 1. The van der Waals surface area contributed by atoms with Gasteiger partial charge in [-0.3, -0.25) is 0 Å². The van der Waals surface area contributed by atoms with E-state index in [-0.39, 0.29) is 0 Å². The SMILES string of the molecule is CC(C)(C)OC(=O)NC1(CN)C=CCC1. The van der Waals surface area contributed by atoms with Gasteiger partial charge in [0.15, 0.2) is 0 Å². The van der Waals surface area contributed by atoms with Gasteiger partial charge in [-0.25, -0.2) is 4.79 Å². The molecule has 0 bridgehead atoms. The third-order valence-electron chi connectivity index (χ3n) is 2.31. The molecule has 1 aliphatic rings. The monoisotopic (exact) mass is 212 g/mol. The molecule has 15 heavy (non-hydrogen) atoms. The molecule has 0 spiro atoms. The largest absolute Gasteiger partial charge is 0.444 e. The summed E-state index contributed by atoms with van der Waals surface area (Å²) in [6.07, 6.45) is 5.39. The lowest BCUT2D eigenvalue weighted by Gasteiger charge is -2.29. The minimum absolute atomic E-state index is 0.400. The highest BCUT2D eigenvalue weighted by Gasteiger charge is 2.31. The number of nitrogens with one attached hydrogen (secondary N) is 1. The molecule has 1 atom stereocenters. The molecule has 0 aromatic heterocycles. The second-order valence-electron chi connectivity index (χ2n) is 4.93. The number of amides is 1. The lowest BCUT2D eigenvalue weighted by Crippen LogP contribution is -2.52. The molecule has 0 aromatic carbocycles. The third kappa shape index (κ3) is 3.55. The maximum Gasteiger partial charge on any atom is 0.408 e. The highest BCUT2D eigenvalue weighted by Crippen LogP contribution is 2.22. The van der Waals surface area contributed by atoms with E-state index < -0.39 is 17.2 Å². The highest BCUT2D eigenvalue weighted by molar-refractivity contribution is 5.69. The van der Waals surface area contributed by atoms with Crippen LogP contribution in [0, 0.1) is 0 Å². The molecule has 1 rings (SSSR count). The minimum Gasteiger partial charge on any atom is -0.444 e. The Morgan fingerprint density at radius 1 is 1.60 bits per heavy atom. The summed E-state index contributed by atoms with van der Waals surface area (Å²) in [5.74, 6) is 0. The standard InChI is InChI=1S/C11H20N2O2/c1-10(2,3)15-9(14)13-11(8-12)6-4-5-7-11/h4,6H,5,7-8,12H2,1-3H3,(H,13,14). The molecular formula is C11H20N2O2. The van der Waals surface area contributed by atoms with Gasteiger partial charge >= 0.3 is 6.09 Å². The summed E-state index contributed by atoms with van der Waals surface area (Å²) in [6.45, 7) is 5.92. The molecule has 4 heteroatoms. The molecule has 0 aromatic rings. The van der Waals surface area contributed by atoms with Gasteiger partial charge in [0.05, 0.1) is 5.54 Å². The van der Waals surface area contributed by atoms with Gasteiger partial charge < -0.3 is 15.8 Å². The summed E-state index contributed by atoms with van der Waals surface area (Å²) in [5, 5.41) is 2.83. The second-order valence-corrected chi connectivity index (χ2v) is 4.93. The first-order chi connectivity index (χ1) is 6.87. The Bertz CT molecular complexity index is 268. The summed E-state index contributed by atoms with van der Waals surface area (Å²) >= 11 is 0. The zero-order chi connectivity index (χ0) is 11.5. The van der Waals surface area contributed by atoms with E-state index in [1.807, 2.05) is 32.9 Å². The summed E-state index contributed by atoms with van der Waals surface area (Å²) < 4.78 is 5.19. The van der Waals surface area contributed by atoms with Crippen molar-refractivity contribution >= 4 is 6.09 Å². The van der Waals surface area contributed by atoms with Gasteiger partial charge in [0.2, 0.25) is 0 Å². The zero-order valence-electron chi connectivity index (χ0n) is 9.67. The normalized spacial score (nSPS) is 25.3. The fraction of sp³-hybridized carbons (Fsp3) is 0.727. The summed E-state index contributed by atoms with van der Waals surface area (Å²) in [7, 11) is 0. The average molecular weight is 212 g/mol. The molecule has 4 nitrogen and oxygen atoms in total. The summed E-state index contributed by atoms with van der Waals surface area (Å²) in [4.78, 5) is 11.6. The van der Waals surface area contributed by atoms with E-state index in [4.69, 9.17) is 10.5 Å². The topological polar surface area (TPSA) is 64.3 Å². The first-order valence-corrected chi connectivity index (χ1v) is 5.26. The van der Waals surface area contributed by atoms with E-state index in [0.29, 0.717) is 6.54 Å². The van der Waals surface area contributed by atoms with Crippen LogP contribution in [0.15, 0.2) is 12.2 Å². The molecule has 0 fully saturated rings. The zero-order valence-corrected chi connectivity index (χ0v) is 9.67. The van der Waals surface area contributed by atoms with Crippen molar-refractivity contribution in [3.63, 3.8) is 0 Å². The lowest BCUT2D eigenvalue weighted by atomic mass is 10.00. The van der Waals surface area contributed by atoms with Crippen molar-refractivity contribution in [2.75, 3.05) is 6.54 Å². The van der Waals surface area contributed by atoms with Crippen molar-refractivity contribution in [2.45, 2.75) is 44.8 Å². The van der Waals surface area contributed by atoms with Crippen LogP contribution in [-0.4, -0.2) is 23.8 Å². The fourth-order valence-corrected chi connectivity index (χ4v) is 1.57. The molecule has 0 saturated heterocycles. The molecule has 86 valence electrons. The molecular weight excluding hydrogens is 192 g/mol. The smallest absolute Gasteiger partial charge is 0.408 e. The van der Waals surface area contributed by atoms with Crippen LogP contribution in [0.2, 0.25) is 0 Å². The van der Waals surface area contributed by atoms with Crippen LogP contribution in [0.5, 0.6) is 0 Å². The number of carbonyl (C=O) groups excluding carboxylic acids is 1. The van der Waals surface area contributed by atoms with Crippen LogP contribution in [0.25, 0.3) is 0 Å². The van der Waals surface area contributed by atoms with Crippen LogP contribution >= 0.6 is 0 Å². The summed E-state index contributed by atoms with van der Waals surface area (Å²) in [6, 6.07) is 0. The molecule has 1 unspecified atom stereocenters. The van der Waals surface area contributed by atoms with Crippen molar-refractivity contribution in [3.8, 4) is 0 Å². The van der Waals surface area contributed by atoms with E-state index in [0.717, 1.165) is 12.8 Å². The Labute approximate surface area is 90.9 Å². The van der Waals surface area contributed by atoms with E-state index >= 15 is 0 Å². The first kappa shape index (κ1) is 12.0. The van der Waals surface area contributed by atoms with Crippen molar-refractivity contribution in [3.05, 3.63) is 12.2 Å². The Hall–Kier alpha value is -1.03. The lowest BCUT2D eigenvalue weighted by molar-refractivity contribution is 0.0480. The number of carbonyl (C=O) groups is 1. The number of rotatable bonds is 2. The van der Waals surface area contributed by atoms with Gasteiger partial charge in [0, 0.05) is 6.54 Å². The van der Waals surface area contributed by atoms with Gasteiger partial charge in [0.1, 0.15) is 5.60 Å². The third-order valence-corrected chi connectivity index (χ3v) is 2.31. The van der Waals surface area contributed by atoms with E-state index in [9.17, 15) is 4.79 Å². The van der Waals surface area contributed by atoms with Crippen LogP contribution in [0.3, 0.4) is 0 Å². The van der Waals surface area contributed by atoms with Crippen LogP contribution in [0.4, 0.5) is 4.79 Å². The average Bonchev–Trinajstić information content (AvgIpc) is 2.50. The number of ether oxygens (including phenoxy) is 1. The molecule has 0 heterocycles. The Morgan fingerprint density at radius 3 is 2.67 bits per heavy atom. The van der Waals surface area contributed by atoms with Crippen LogP contribution in [-0.2, 0) is 4.74 Å². The molecule has 0 saturated carbocycles.